The summed E-state index contributed by atoms with van der Waals surface area (Å²) in [6.07, 6.45) is 12.8. The number of benzene rings is 2. The van der Waals surface area contributed by atoms with E-state index in [9.17, 15) is 4.39 Å². The van der Waals surface area contributed by atoms with Gasteiger partial charge in [-0.05, 0) is 66.7 Å². The highest BCUT2D eigenvalue weighted by molar-refractivity contribution is 5.29. The Balaban J connectivity index is 1.52. The van der Waals surface area contributed by atoms with Gasteiger partial charge in [-0.3, -0.25) is 0 Å². The number of hydrogen-bond donors (Lipinski definition) is 0. The first-order valence-electron chi connectivity index (χ1n) is 10.5. The Labute approximate surface area is 158 Å². The van der Waals surface area contributed by atoms with E-state index in [2.05, 4.69) is 31.2 Å². The Morgan fingerprint density at radius 2 is 1.38 bits per heavy atom. The summed E-state index contributed by atoms with van der Waals surface area (Å²) in [5, 5.41) is 0. The molecular weight excluding hydrogens is 319 g/mol. The zero-order valence-electron chi connectivity index (χ0n) is 16.2. The average molecular weight is 353 g/mol. The van der Waals surface area contributed by atoms with Crippen molar-refractivity contribution in [2.24, 2.45) is 11.8 Å². The van der Waals surface area contributed by atoms with Crippen LogP contribution < -0.4 is 0 Å². The molecule has 0 amide bonds. The Hall–Kier alpha value is -1.63. The normalized spacial score (nSPS) is 16.5. The Morgan fingerprint density at radius 1 is 0.808 bits per heavy atom. The van der Waals surface area contributed by atoms with Crippen molar-refractivity contribution in [3.63, 3.8) is 0 Å². The van der Waals surface area contributed by atoms with E-state index in [4.69, 9.17) is 0 Å². The molecule has 0 heterocycles. The molecule has 0 N–H and O–H groups in total. The van der Waals surface area contributed by atoms with Crippen LogP contribution in [0.4, 0.5) is 4.39 Å². The largest absolute Gasteiger partial charge is 0.207 e. The Morgan fingerprint density at radius 3 is 2.08 bits per heavy atom. The molecule has 1 heteroatoms. The van der Waals surface area contributed by atoms with Crippen LogP contribution in [0.3, 0.4) is 0 Å². The molecule has 1 aliphatic carbocycles. The van der Waals surface area contributed by atoms with E-state index < -0.39 is 0 Å². The first-order chi connectivity index (χ1) is 12.7. The fourth-order valence-electron chi connectivity index (χ4n) is 4.53. The van der Waals surface area contributed by atoms with Gasteiger partial charge in [0.25, 0.3) is 0 Å². The van der Waals surface area contributed by atoms with Crippen molar-refractivity contribution in [2.45, 2.75) is 71.1 Å². The van der Waals surface area contributed by atoms with Crippen molar-refractivity contribution in [3.8, 4) is 0 Å². The van der Waals surface area contributed by atoms with Crippen molar-refractivity contribution in [3.05, 3.63) is 71.0 Å². The molecule has 140 valence electrons. The van der Waals surface area contributed by atoms with Crippen molar-refractivity contribution < 1.29 is 4.39 Å². The molecule has 1 atom stereocenters. The maximum atomic E-state index is 13.9. The van der Waals surface area contributed by atoms with Crippen LogP contribution in [0.2, 0.25) is 0 Å². The lowest BCUT2D eigenvalue weighted by atomic mass is 9.81. The molecule has 3 rings (SSSR count). The molecule has 1 fully saturated rings. The second kappa shape index (κ2) is 9.90. The highest BCUT2D eigenvalue weighted by atomic mass is 19.1. The van der Waals surface area contributed by atoms with Gasteiger partial charge in [-0.15, -0.1) is 0 Å². The van der Waals surface area contributed by atoms with E-state index in [0.29, 0.717) is 0 Å². The highest BCUT2D eigenvalue weighted by Gasteiger charge is 2.16. The summed E-state index contributed by atoms with van der Waals surface area (Å²) >= 11 is 0. The fraction of sp³-hybridized carbons (Fsp3) is 0.520. The quantitative estimate of drug-likeness (QED) is 0.473. The molecule has 2 aromatic carbocycles. The molecule has 0 bridgehead atoms. The smallest absolute Gasteiger partial charge is 0.126 e. The van der Waals surface area contributed by atoms with Crippen LogP contribution >= 0.6 is 0 Å². The van der Waals surface area contributed by atoms with Gasteiger partial charge in [0.2, 0.25) is 0 Å². The summed E-state index contributed by atoms with van der Waals surface area (Å²) in [6.45, 7) is 2.43. The van der Waals surface area contributed by atoms with E-state index in [0.717, 1.165) is 36.7 Å². The monoisotopic (exact) mass is 352 g/mol. The third-order valence-electron chi connectivity index (χ3n) is 6.11. The third-order valence-corrected chi connectivity index (χ3v) is 6.11. The predicted molar refractivity (Wildman–Crippen MR) is 109 cm³/mol. The van der Waals surface area contributed by atoms with Crippen LogP contribution in [0.5, 0.6) is 0 Å². The molecular formula is C25H33F. The summed E-state index contributed by atoms with van der Waals surface area (Å²) in [6, 6.07) is 15.9. The summed E-state index contributed by atoms with van der Waals surface area (Å²) in [5.74, 6) is 1.69. The summed E-state index contributed by atoms with van der Waals surface area (Å²) in [4.78, 5) is 0. The molecule has 0 spiro atoms. The third kappa shape index (κ3) is 5.69. The molecule has 26 heavy (non-hydrogen) atoms. The van der Waals surface area contributed by atoms with Gasteiger partial charge in [0.05, 0.1) is 0 Å². The first kappa shape index (κ1) is 19.1. The lowest BCUT2D eigenvalue weighted by Crippen LogP contribution is -2.11. The maximum Gasteiger partial charge on any atom is 0.126 e. The summed E-state index contributed by atoms with van der Waals surface area (Å²) in [5.41, 5.74) is 3.67. The van der Waals surface area contributed by atoms with Crippen molar-refractivity contribution in [1.82, 2.24) is 0 Å². The summed E-state index contributed by atoms with van der Waals surface area (Å²) in [7, 11) is 0. The molecule has 1 saturated carbocycles. The minimum Gasteiger partial charge on any atom is -0.207 e. The van der Waals surface area contributed by atoms with Crippen molar-refractivity contribution in [2.75, 3.05) is 0 Å². The van der Waals surface area contributed by atoms with E-state index >= 15 is 0 Å². The molecule has 0 aliphatic heterocycles. The molecule has 1 unspecified atom stereocenters. The van der Waals surface area contributed by atoms with E-state index in [1.807, 2.05) is 12.1 Å². The minimum absolute atomic E-state index is 0.0777. The lowest BCUT2D eigenvalue weighted by Gasteiger charge is -2.24. The molecule has 0 aromatic heterocycles. The molecule has 0 nitrogen and oxygen atoms in total. The van der Waals surface area contributed by atoms with Crippen LogP contribution in [0.1, 0.15) is 68.6 Å². The fourth-order valence-corrected chi connectivity index (χ4v) is 4.53. The standard InChI is InChI=1S/C25H33F/c1-20(19-21-9-3-2-4-10-21)15-16-22-11-5-6-12-23(22)17-18-24-13-7-8-14-25(24)26/h5-8,11-14,20-21H,2-4,9-10,15-19H2,1H3. The molecule has 0 saturated heterocycles. The van der Waals surface area contributed by atoms with Gasteiger partial charge in [-0.1, -0.05) is 81.5 Å². The van der Waals surface area contributed by atoms with Crippen LogP contribution in [-0.2, 0) is 19.3 Å². The topological polar surface area (TPSA) is 0 Å². The second-order valence-electron chi connectivity index (χ2n) is 8.24. The first-order valence-corrected chi connectivity index (χ1v) is 10.5. The van der Waals surface area contributed by atoms with Crippen LogP contribution in [0, 0.1) is 17.7 Å². The van der Waals surface area contributed by atoms with Gasteiger partial charge in [-0.25, -0.2) is 4.39 Å². The number of halogens is 1. The number of hydrogen-bond acceptors (Lipinski definition) is 0. The molecule has 0 radical (unpaired) electrons. The second-order valence-corrected chi connectivity index (χ2v) is 8.24. The van der Waals surface area contributed by atoms with Crippen LogP contribution in [0.15, 0.2) is 48.5 Å². The highest BCUT2D eigenvalue weighted by Crippen LogP contribution is 2.30. The van der Waals surface area contributed by atoms with Gasteiger partial charge in [0.15, 0.2) is 0 Å². The van der Waals surface area contributed by atoms with Crippen LogP contribution in [0.25, 0.3) is 0 Å². The molecule has 2 aromatic rings. The Bertz CT molecular complexity index is 669. The lowest BCUT2D eigenvalue weighted by molar-refractivity contribution is 0.289. The van der Waals surface area contributed by atoms with E-state index in [-0.39, 0.29) is 5.82 Å². The van der Waals surface area contributed by atoms with Gasteiger partial charge in [0, 0.05) is 0 Å². The van der Waals surface area contributed by atoms with Gasteiger partial charge >= 0.3 is 0 Å². The average Bonchev–Trinajstić information content (AvgIpc) is 2.67. The maximum absolute atomic E-state index is 13.9. The Kier molecular flexibility index (Phi) is 7.29. The minimum atomic E-state index is -0.0777. The predicted octanol–water partition coefficient (Wildman–Crippen LogP) is 7.15. The van der Waals surface area contributed by atoms with Crippen LogP contribution in [-0.4, -0.2) is 0 Å². The van der Waals surface area contributed by atoms with Gasteiger partial charge in [0.1, 0.15) is 5.82 Å². The van der Waals surface area contributed by atoms with E-state index in [1.165, 1.54) is 56.1 Å². The molecule has 1 aliphatic rings. The number of aryl methyl sites for hydroxylation is 3. The SMILES string of the molecule is CC(CCc1ccccc1CCc1ccccc1F)CC1CCCCC1. The zero-order valence-corrected chi connectivity index (χ0v) is 16.2. The summed E-state index contributed by atoms with van der Waals surface area (Å²) < 4.78 is 13.9. The zero-order chi connectivity index (χ0) is 18.2. The number of rotatable bonds is 8. The van der Waals surface area contributed by atoms with E-state index in [1.54, 1.807) is 12.1 Å². The van der Waals surface area contributed by atoms with Gasteiger partial charge < -0.3 is 0 Å². The van der Waals surface area contributed by atoms with Crippen molar-refractivity contribution in [1.29, 1.82) is 0 Å². The van der Waals surface area contributed by atoms with Gasteiger partial charge in [-0.2, -0.15) is 0 Å². The van der Waals surface area contributed by atoms with Crippen molar-refractivity contribution >= 4 is 0 Å².